The van der Waals surface area contributed by atoms with Crippen LogP contribution in [0.1, 0.15) is 6.42 Å². The maximum atomic E-state index is 11.7. The van der Waals surface area contributed by atoms with Crippen LogP contribution in [0, 0.1) is 0 Å². The quantitative estimate of drug-likeness (QED) is 0.909. The van der Waals surface area contributed by atoms with E-state index in [0.717, 1.165) is 4.47 Å². The van der Waals surface area contributed by atoms with Gasteiger partial charge < -0.3 is 14.7 Å². The van der Waals surface area contributed by atoms with E-state index in [1.165, 1.54) is 4.90 Å². The third-order valence-corrected chi connectivity index (χ3v) is 3.54. The maximum Gasteiger partial charge on any atom is 0.229 e. The van der Waals surface area contributed by atoms with Crippen molar-refractivity contribution in [3.63, 3.8) is 0 Å². The molecule has 1 aliphatic rings. The Bertz CT molecular complexity index is 466. The van der Waals surface area contributed by atoms with Gasteiger partial charge in [0.15, 0.2) is 0 Å². The second-order valence-corrected chi connectivity index (χ2v) is 5.06. The first-order chi connectivity index (χ1) is 8.02. The van der Waals surface area contributed by atoms with Crippen molar-refractivity contribution >= 4 is 39.1 Å². The lowest BCUT2D eigenvalue weighted by Crippen LogP contribution is -2.25. The van der Waals surface area contributed by atoms with E-state index in [0.29, 0.717) is 16.5 Å². The van der Waals surface area contributed by atoms with E-state index in [1.807, 2.05) is 0 Å². The highest BCUT2D eigenvalue weighted by molar-refractivity contribution is 9.10. The molecule has 2 rings (SSSR count). The summed E-state index contributed by atoms with van der Waals surface area (Å²) in [5.41, 5.74) is 0.563. The summed E-state index contributed by atoms with van der Waals surface area (Å²) in [6, 6.07) is 3.36. The molecule has 0 aromatic heterocycles. The minimum absolute atomic E-state index is 0.134. The number of carbonyl (C=O) groups excluding carboxylic acids is 1. The van der Waals surface area contributed by atoms with E-state index in [2.05, 4.69) is 15.9 Å². The van der Waals surface area contributed by atoms with E-state index >= 15 is 0 Å². The van der Waals surface area contributed by atoms with Crippen molar-refractivity contribution in [2.75, 3.05) is 18.6 Å². The molecule has 1 aromatic carbocycles. The predicted octanol–water partition coefficient (Wildman–Crippen LogP) is 2.21. The average Bonchev–Trinajstić information content (AvgIpc) is 2.58. The first kappa shape index (κ1) is 12.7. The van der Waals surface area contributed by atoms with Crippen molar-refractivity contribution < 1.29 is 14.6 Å². The Morgan fingerprint density at radius 3 is 2.82 bits per heavy atom. The van der Waals surface area contributed by atoms with E-state index < -0.39 is 6.10 Å². The topological polar surface area (TPSA) is 49.8 Å². The molecule has 6 heteroatoms. The second-order valence-electron chi connectivity index (χ2n) is 3.80. The number of anilines is 1. The number of hydrogen-bond acceptors (Lipinski definition) is 3. The van der Waals surface area contributed by atoms with Gasteiger partial charge in [-0.3, -0.25) is 4.79 Å². The second kappa shape index (κ2) is 4.84. The van der Waals surface area contributed by atoms with Crippen LogP contribution in [0.2, 0.25) is 5.02 Å². The van der Waals surface area contributed by atoms with Crippen molar-refractivity contribution in [1.82, 2.24) is 0 Å². The van der Waals surface area contributed by atoms with Gasteiger partial charge in [0, 0.05) is 6.07 Å². The van der Waals surface area contributed by atoms with Crippen molar-refractivity contribution in [2.45, 2.75) is 12.5 Å². The third-order valence-electron chi connectivity index (χ3n) is 2.62. The fourth-order valence-corrected chi connectivity index (χ4v) is 2.71. The van der Waals surface area contributed by atoms with Crippen LogP contribution < -0.4 is 9.64 Å². The molecule has 0 spiro atoms. The molecule has 1 aliphatic heterocycles. The van der Waals surface area contributed by atoms with Crippen molar-refractivity contribution in [3.8, 4) is 5.75 Å². The minimum Gasteiger partial charge on any atom is -0.495 e. The van der Waals surface area contributed by atoms with Crippen LogP contribution >= 0.6 is 27.5 Å². The normalized spacial score (nSPS) is 19.9. The number of carbonyl (C=O) groups is 1. The van der Waals surface area contributed by atoms with Crippen LogP contribution in [0.4, 0.5) is 5.69 Å². The molecule has 4 nitrogen and oxygen atoms in total. The molecule has 1 aromatic rings. The zero-order valence-electron chi connectivity index (χ0n) is 9.11. The first-order valence-corrected chi connectivity index (χ1v) is 6.21. The molecule has 1 unspecified atom stereocenters. The number of hydrogen-bond donors (Lipinski definition) is 1. The summed E-state index contributed by atoms with van der Waals surface area (Å²) in [5, 5.41) is 9.90. The summed E-state index contributed by atoms with van der Waals surface area (Å²) >= 11 is 9.41. The Hall–Kier alpha value is -0.780. The number of rotatable bonds is 2. The standard InChI is InChI=1S/C11H11BrClNO3/c1-17-10-4-9(8(13)3-7(10)12)14-5-6(15)2-11(14)16/h3-4,6,15H,2,5H2,1H3. The van der Waals surface area contributed by atoms with E-state index in [9.17, 15) is 9.90 Å². The number of aliphatic hydroxyl groups is 1. The van der Waals surface area contributed by atoms with Crippen molar-refractivity contribution in [3.05, 3.63) is 21.6 Å². The summed E-state index contributed by atoms with van der Waals surface area (Å²) in [6.07, 6.45) is -0.498. The highest BCUT2D eigenvalue weighted by atomic mass is 79.9. The van der Waals surface area contributed by atoms with Crippen LogP contribution in [0.15, 0.2) is 16.6 Å². The SMILES string of the molecule is COc1cc(N2CC(O)CC2=O)c(Cl)cc1Br. The molecule has 0 saturated carbocycles. The highest BCUT2D eigenvalue weighted by Gasteiger charge is 2.30. The van der Waals surface area contributed by atoms with Gasteiger partial charge >= 0.3 is 0 Å². The monoisotopic (exact) mass is 319 g/mol. The third kappa shape index (κ3) is 2.41. The predicted molar refractivity (Wildman–Crippen MR) is 68.7 cm³/mol. The lowest BCUT2D eigenvalue weighted by atomic mass is 10.2. The molecule has 0 radical (unpaired) electrons. The van der Waals surface area contributed by atoms with E-state index in [4.69, 9.17) is 16.3 Å². The molecule has 1 saturated heterocycles. The number of amides is 1. The number of aliphatic hydroxyl groups excluding tert-OH is 1. The lowest BCUT2D eigenvalue weighted by Gasteiger charge is -2.19. The van der Waals surface area contributed by atoms with Gasteiger partial charge in [0.25, 0.3) is 0 Å². The molecule has 1 amide bonds. The van der Waals surface area contributed by atoms with Gasteiger partial charge in [-0.05, 0) is 22.0 Å². The number of ether oxygens (including phenoxy) is 1. The van der Waals surface area contributed by atoms with Crippen LogP contribution in [-0.4, -0.2) is 30.8 Å². The molecule has 17 heavy (non-hydrogen) atoms. The number of benzene rings is 1. The highest BCUT2D eigenvalue weighted by Crippen LogP contribution is 2.37. The Balaban J connectivity index is 2.41. The Morgan fingerprint density at radius 1 is 1.59 bits per heavy atom. The molecular formula is C11H11BrClNO3. The van der Waals surface area contributed by atoms with Crippen molar-refractivity contribution in [1.29, 1.82) is 0 Å². The average molecular weight is 321 g/mol. The largest absolute Gasteiger partial charge is 0.495 e. The van der Waals surface area contributed by atoms with Crippen LogP contribution in [0.3, 0.4) is 0 Å². The van der Waals surface area contributed by atoms with Crippen LogP contribution in [-0.2, 0) is 4.79 Å². The van der Waals surface area contributed by atoms with Gasteiger partial charge in [-0.15, -0.1) is 0 Å². The number of β-amino-alcohol motifs (C(OH)–C–C–N with tert-alkyl or cyclic N) is 1. The van der Waals surface area contributed by atoms with Crippen LogP contribution in [0.25, 0.3) is 0 Å². The Morgan fingerprint density at radius 2 is 2.29 bits per heavy atom. The van der Waals surface area contributed by atoms with Gasteiger partial charge in [-0.1, -0.05) is 11.6 Å². The lowest BCUT2D eigenvalue weighted by molar-refractivity contribution is -0.117. The number of methoxy groups -OCH3 is 1. The van der Waals surface area contributed by atoms with Gasteiger partial charge in [-0.2, -0.15) is 0 Å². The maximum absolute atomic E-state index is 11.7. The van der Waals surface area contributed by atoms with E-state index in [-0.39, 0.29) is 18.9 Å². The minimum atomic E-state index is -0.631. The molecule has 0 bridgehead atoms. The van der Waals surface area contributed by atoms with Crippen LogP contribution in [0.5, 0.6) is 5.75 Å². The molecule has 1 atom stereocenters. The van der Waals surface area contributed by atoms with E-state index in [1.54, 1.807) is 19.2 Å². The molecule has 1 heterocycles. The molecular weight excluding hydrogens is 309 g/mol. The molecule has 0 aliphatic carbocycles. The van der Waals surface area contributed by atoms with Gasteiger partial charge in [-0.25, -0.2) is 0 Å². The summed E-state index contributed by atoms with van der Waals surface area (Å²) < 4.78 is 5.88. The fraction of sp³-hybridized carbons (Fsp3) is 0.364. The molecule has 1 fully saturated rings. The fourth-order valence-electron chi connectivity index (χ4n) is 1.80. The number of nitrogens with zero attached hydrogens (tertiary/aromatic N) is 1. The smallest absolute Gasteiger partial charge is 0.229 e. The van der Waals surface area contributed by atoms with Gasteiger partial charge in [0.05, 0.1) is 41.4 Å². The first-order valence-electron chi connectivity index (χ1n) is 5.04. The summed E-state index contributed by atoms with van der Waals surface area (Å²) in [5.74, 6) is 0.461. The van der Waals surface area contributed by atoms with Gasteiger partial charge in [0.1, 0.15) is 5.75 Å². The summed E-state index contributed by atoms with van der Waals surface area (Å²) in [7, 11) is 1.54. The summed E-state index contributed by atoms with van der Waals surface area (Å²) in [4.78, 5) is 13.2. The Kier molecular flexibility index (Phi) is 3.61. The summed E-state index contributed by atoms with van der Waals surface area (Å²) in [6.45, 7) is 0.267. The number of halogens is 2. The van der Waals surface area contributed by atoms with Gasteiger partial charge in [0.2, 0.25) is 5.91 Å². The Labute approximate surface area is 112 Å². The zero-order chi connectivity index (χ0) is 12.6. The molecule has 1 N–H and O–H groups in total. The molecule has 92 valence electrons. The van der Waals surface area contributed by atoms with Crippen molar-refractivity contribution in [2.24, 2.45) is 0 Å². The zero-order valence-corrected chi connectivity index (χ0v) is 11.5.